The van der Waals surface area contributed by atoms with Crippen LogP contribution in [0, 0.1) is 10.1 Å². The van der Waals surface area contributed by atoms with Crippen molar-refractivity contribution in [2.45, 2.75) is 31.8 Å². The third-order valence-electron chi connectivity index (χ3n) is 4.20. The lowest BCUT2D eigenvalue weighted by atomic mass is 9.81. The summed E-state index contributed by atoms with van der Waals surface area (Å²) in [6.45, 7) is 3.05. The SMILES string of the molecule is CC(C)OC(=O)[C@@H]1c2cc(Cl)ccc2Oc2ccccc2[C@H]1C[N+](=O)[O-]. The van der Waals surface area contributed by atoms with Crippen LogP contribution in [-0.2, 0) is 9.53 Å². The minimum Gasteiger partial charge on any atom is -0.462 e. The second kappa shape index (κ2) is 7.33. The largest absolute Gasteiger partial charge is 0.462 e. The van der Waals surface area contributed by atoms with Crippen molar-refractivity contribution in [3.63, 3.8) is 0 Å². The molecule has 0 fully saturated rings. The highest BCUT2D eigenvalue weighted by Gasteiger charge is 2.41. The Morgan fingerprint density at radius 2 is 1.92 bits per heavy atom. The first-order chi connectivity index (χ1) is 12.4. The number of ether oxygens (including phenoxy) is 2. The number of hydrogen-bond donors (Lipinski definition) is 0. The molecule has 0 radical (unpaired) electrons. The topological polar surface area (TPSA) is 78.7 Å². The first-order valence-electron chi connectivity index (χ1n) is 8.25. The van der Waals surface area contributed by atoms with Crippen molar-refractivity contribution < 1.29 is 19.2 Å². The molecule has 1 heterocycles. The van der Waals surface area contributed by atoms with E-state index >= 15 is 0 Å². The van der Waals surface area contributed by atoms with E-state index in [0.29, 0.717) is 27.6 Å². The average molecular weight is 376 g/mol. The fourth-order valence-electron chi connectivity index (χ4n) is 3.21. The van der Waals surface area contributed by atoms with Crippen molar-refractivity contribution in [1.82, 2.24) is 0 Å². The Hall–Kier alpha value is -2.60. The molecule has 2 aromatic carbocycles. The van der Waals surface area contributed by atoms with E-state index in [1.807, 2.05) is 0 Å². The summed E-state index contributed by atoms with van der Waals surface area (Å²) in [5.74, 6) is -1.22. The Kier molecular flexibility index (Phi) is 5.13. The van der Waals surface area contributed by atoms with Crippen LogP contribution in [0.5, 0.6) is 11.5 Å². The third-order valence-corrected chi connectivity index (χ3v) is 4.43. The molecule has 1 aliphatic heterocycles. The zero-order valence-electron chi connectivity index (χ0n) is 14.3. The summed E-state index contributed by atoms with van der Waals surface area (Å²) >= 11 is 6.13. The Balaban J connectivity index is 2.22. The number of para-hydroxylation sites is 1. The van der Waals surface area contributed by atoms with Crippen LogP contribution in [0.15, 0.2) is 42.5 Å². The maximum absolute atomic E-state index is 12.9. The molecular weight excluding hydrogens is 358 g/mol. The highest BCUT2D eigenvalue weighted by Crippen LogP contribution is 2.47. The van der Waals surface area contributed by atoms with Gasteiger partial charge in [0.15, 0.2) is 0 Å². The number of fused-ring (bicyclic) bond motifs is 2. The predicted molar refractivity (Wildman–Crippen MR) is 96.5 cm³/mol. The number of rotatable bonds is 4. The van der Waals surface area contributed by atoms with E-state index in [4.69, 9.17) is 21.1 Å². The maximum atomic E-state index is 12.9. The third kappa shape index (κ3) is 3.65. The van der Waals surface area contributed by atoms with E-state index in [0.717, 1.165) is 0 Å². The highest BCUT2D eigenvalue weighted by molar-refractivity contribution is 6.30. The van der Waals surface area contributed by atoms with E-state index in [1.165, 1.54) is 0 Å². The van der Waals surface area contributed by atoms with E-state index in [-0.39, 0.29) is 6.10 Å². The lowest BCUT2D eigenvalue weighted by molar-refractivity contribution is -0.483. The molecule has 6 nitrogen and oxygen atoms in total. The molecule has 2 atom stereocenters. The molecule has 2 aromatic rings. The molecule has 0 spiro atoms. The summed E-state index contributed by atoms with van der Waals surface area (Å²) in [6.07, 6.45) is -0.346. The number of nitrogens with zero attached hydrogens (tertiary/aromatic N) is 1. The predicted octanol–water partition coefficient (Wildman–Crippen LogP) is 4.54. The fraction of sp³-hybridized carbons (Fsp3) is 0.316. The van der Waals surface area contributed by atoms with Crippen LogP contribution in [0.1, 0.15) is 36.8 Å². The normalized spacial score (nSPS) is 18.3. The monoisotopic (exact) mass is 375 g/mol. The molecular formula is C19H18ClNO5. The number of halogens is 1. The average Bonchev–Trinajstić information content (AvgIpc) is 2.68. The second-order valence-electron chi connectivity index (χ2n) is 6.41. The van der Waals surface area contributed by atoms with Crippen molar-refractivity contribution >= 4 is 17.6 Å². The molecule has 0 saturated heterocycles. The van der Waals surface area contributed by atoms with Gasteiger partial charge in [0.1, 0.15) is 11.5 Å². The van der Waals surface area contributed by atoms with Gasteiger partial charge in [0, 0.05) is 21.1 Å². The lowest BCUT2D eigenvalue weighted by Gasteiger charge is -2.23. The van der Waals surface area contributed by atoms with Gasteiger partial charge in [-0.2, -0.15) is 0 Å². The van der Waals surface area contributed by atoms with Gasteiger partial charge < -0.3 is 9.47 Å². The van der Waals surface area contributed by atoms with Crippen LogP contribution >= 0.6 is 11.6 Å². The van der Waals surface area contributed by atoms with E-state index in [2.05, 4.69) is 0 Å². The minimum absolute atomic E-state index is 0.346. The smallest absolute Gasteiger partial charge is 0.314 e. The first-order valence-corrected chi connectivity index (χ1v) is 8.63. The van der Waals surface area contributed by atoms with Gasteiger partial charge in [-0.15, -0.1) is 0 Å². The summed E-state index contributed by atoms with van der Waals surface area (Å²) < 4.78 is 11.4. The molecule has 0 unspecified atom stereocenters. The summed E-state index contributed by atoms with van der Waals surface area (Å²) in [7, 11) is 0. The van der Waals surface area contributed by atoms with E-state index in [1.54, 1.807) is 56.3 Å². The molecule has 0 aromatic heterocycles. The van der Waals surface area contributed by atoms with E-state index in [9.17, 15) is 14.9 Å². The molecule has 0 N–H and O–H groups in total. The molecule has 0 aliphatic carbocycles. The maximum Gasteiger partial charge on any atom is 0.314 e. The van der Waals surface area contributed by atoms with Crippen molar-refractivity contribution in [2.24, 2.45) is 0 Å². The summed E-state index contributed by atoms with van der Waals surface area (Å²) in [4.78, 5) is 23.8. The van der Waals surface area contributed by atoms with Crippen LogP contribution in [0.3, 0.4) is 0 Å². The van der Waals surface area contributed by atoms with Gasteiger partial charge in [0.25, 0.3) is 0 Å². The quantitative estimate of drug-likeness (QED) is 0.445. The van der Waals surface area contributed by atoms with Crippen molar-refractivity contribution in [2.75, 3.05) is 6.54 Å². The number of hydrogen-bond acceptors (Lipinski definition) is 5. The van der Waals surface area contributed by atoms with E-state index < -0.39 is 29.3 Å². The van der Waals surface area contributed by atoms with Crippen molar-refractivity contribution in [3.05, 3.63) is 68.7 Å². The van der Waals surface area contributed by atoms with Gasteiger partial charge in [-0.25, -0.2) is 0 Å². The minimum atomic E-state index is -0.889. The Morgan fingerprint density at radius 3 is 2.62 bits per heavy atom. The van der Waals surface area contributed by atoms with Crippen LogP contribution < -0.4 is 4.74 Å². The Morgan fingerprint density at radius 1 is 1.23 bits per heavy atom. The molecule has 0 saturated carbocycles. The summed E-state index contributed by atoms with van der Waals surface area (Å²) in [5.41, 5.74) is 1.09. The molecule has 26 heavy (non-hydrogen) atoms. The molecule has 0 bridgehead atoms. The van der Waals surface area contributed by atoms with Crippen molar-refractivity contribution in [1.29, 1.82) is 0 Å². The number of benzene rings is 2. The number of nitro groups is 1. The molecule has 7 heteroatoms. The van der Waals surface area contributed by atoms with Gasteiger partial charge in [-0.3, -0.25) is 14.9 Å². The van der Waals surface area contributed by atoms with Gasteiger partial charge in [0.05, 0.1) is 17.9 Å². The molecule has 136 valence electrons. The fourth-order valence-corrected chi connectivity index (χ4v) is 3.39. The molecule has 1 aliphatic rings. The highest BCUT2D eigenvalue weighted by atomic mass is 35.5. The number of carbonyl (C=O) groups is 1. The standard InChI is InChI=1S/C19H18ClNO5/c1-11(2)25-19(22)18-14-9-12(20)7-8-17(14)26-16-6-4-3-5-13(16)15(18)10-21(23)24/h3-9,11,15,18H,10H2,1-2H3/t15-,18-/m1/s1. The summed E-state index contributed by atoms with van der Waals surface area (Å²) in [5, 5.41) is 11.8. The summed E-state index contributed by atoms with van der Waals surface area (Å²) in [6, 6.07) is 12.0. The number of esters is 1. The second-order valence-corrected chi connectivity index (χ2v) is 6.84. The van der Waals surface area contributed by atoms with Crippen LogP contribution in [0.25, 0.3) is 0 Å². The zero-order chi connectivity index (χ0) is 18.8. The van der Waals surface area contributed by atoms with Gasteiger partial charge in [-0.1, -0.05) is 29.8 Å². The Labute approximate surface area is 155 Å². The molecule has 0 amide bonds. The number of carbonyl (C=O) groups excluding carboxylic acids is 1. The van der Waals surface area contributed by atoms with Gasteiger partial charge >= 0.3 is 5.97 Å². The zero-order valence-corrected chi connectivity index (χ0v) is 15.1. The van der Waals surface area contributed by atoms with Gasteiger partial charge in [-0.05, 0) is 38.1 Å². The Bertz CT molecular complexity index is 852. The first kappa shape index (κ1) is 18.2. The van der Waals surface area contributed by atoms with Crippen LogP contribution in [0.4, 0.5) is 0 Å². The van der Waals surface area contributed by atoms with Crippen LogP contribution in [-0.4, -0.2) is 23.5 Å². The van der Waals surface area contributed by atoms with Gasteiger partial charge in [0.2, 0.25) is 6.54 Å². The lowest BCUT2D eigenvalue weighted by Crippen LogP contribution is -2.28. The van der Waals surface area contributed by atoms with Crippen molar-refractivity contribution in [3.8, 4) is 11.5 Å². The van der Waals surface area contributed by atoms with Crippen LogP contribution in [0.2, 0.25) is 5.02 Å². The molecule has 3 rings (SSSR count).